The molecule has 1 aromatic rings. The topological polar surface area (TPSA) is 25.2 Å². The molecule has 0 saturated heterocycles. The van der Waals surface area contributed by atoms with Crippen LogP contribution in [0.2, 0.25) is 0 Å². The number of hydrogen-bond acceptors (Lipinski definition) is 3. The molecule has 19 heavy (non-hydrogen) atoms. The highest BCUT2D eigenvalue weighted by Crippen LogP contribution is 2.51. The van der Waals surface area contributed by atoms with Gasteiger partial charge in [0, 0.05) is 6.54 Å². The number of hydrogen-bond donors (Lipinski definition) is 1. The van der Waals surface area contributed by atoms with Crippen LogP contribution in [0.1, 0.15) is 38.2 Å². The smallest absolute Gasteiger partial charge is 0.284 e. The number of furan rings is 1. The third-order valence-corrected chi connectivity index (χ3v) is 4.67. The zero-order valence-electron chi connectivity index (χ0n) is 11.4. The van der Waals surface area contributed by atoms with E-state index < -0.39 is 5.76 Å². The quantitative estimate of drug-likeness (QED) is 0.774. The molecule has 1 N–H and O–H groups in total. The Morgan fingerprint density at radius 2 is 2.00 bits per heavy atom. The summed E-state index contributed by atoms with van der Waals surface area (Å²) in [5.74, 6) is 0.0340. The molecule has 0 atom stereocenters. The van der Waals surface area contributed by atoms with Crippen molar-refractivity contribution >= 4 is 11.8 Å². The number of halogens is 2. The largest absolute Gasteiger partial charge is 0.464 e. The summed E-state index contributed by atoms with van der Waals surface area (Å²) in [6.45, 7) is 6.21. The fourth-order valence-electron chi connectivity index (χ4n) is 2.29. The van der Waals surface area contributed by atoms with Crippen molar-refractivity contribution < 1.29 is 13.2 Å². The average Bonchev–Trinajstić information content (AvgIpc) is 3.00. The zero-order valence-corrected chi connectivity index (χ0v) is 12.2. The van der Waals surface area contributed by atoms with Crippen molar-refractivity contribution in [3.05, 3.63) is 23.7 Å². The predicted octanol–water partition coefficient (Wildman–Crippen LogP) is 4.26. The molecule has 1 heterocycles. The average molecular weight is 289 g/mol. The van der Waals surface area contributed by atoms with Gasteiger partial charge in [0.15, 0.2) is 0 Å². The van der Waals surface area contributed by atoms with Crippen LogP contribution in [0.5, 0.6) is 0 Å². The van der Waals surface area contributed by atoms with Crippen molar-refractivity contribution in [2.24, 2.45) is 11.3 Å². The molecule has 1 aromatic heterocycles. The Morgan fingerprint density at radius 3 is 2.58 bits per heavy atom. The third-order valence-electron chi connectivity index (χ3n) is 3.96. The first-order chi connectivity index (χ1) is 9.02. The van der Waals surface area contributed by atoms with E-state index in [4.69, 9.17) is 4.42 Å². The summed E-state index contributed by atoms with van der Waals surface area (Å²) < 4.78 is 29.6. The van der Waals surface area contributed by atoms with Gasteiger partial charge in [-0.15, -0.1) is 0 Å². The van der Waals surface area contributed by atoms with E-state index >= 15 is 0 Å². The van der Waals surface area contributed by atoms with Crippen LogP contribution in [0.3, 0.4) is 0 Å². The first kappa shape index (κ1) is 14.9. The molecule has 0 amide bonds. The van der Waals surface area contributed by atoms with Crippen molar-refractivity contribution in [2.45, 2.75) is 44.7 Å². The van der Waals surface area contributed by atoms with Gasteiger partial charge >= 0.3 is 0 Å². The Hall–Kier alpha value is -0.550. The number of thioether (sulfide) groups is 1. The Morgan fingerprint density at radius 1 is 1.32 bits per heavy atom. The van der Waals surface area contributed by atoms with Crippen LogP contribution in [0, 0.1) is 11.3 Å². The lowest BCUT2D eigenvalue weighted by Crippen LogP contribution is -2.27. The molecule has 0 unspecified atom stereocenters. The van der Waals surface area contributed by atoms with Gasteiger partial charge in [-0.1, -0.05) is 25.6 Å². The van der Waals surface area contributed by atoms with E-state index in [-0.39, 0.29) is 5.75 Å². The van der Waals surface area contributed by atoms with Crippen LogP contribution < -0.4 is 5.32 Å². The highest BCUT2D eigenvalue weighted by Gasteiger charge is 2.44. The molecule has 0 spiro atoms. The van der Waals surface area contributed by atoms with Crippen LogP contribution in [-0.4, -0.2) is 12.3 Å². The van der Waals surface area contributed by atoms with Crippen molar-refractivity contribution in [3.63, 3.8) is 0 Å². The van der Waals surface area contributed by atoms with Crippen molar-refractivity contribution in [3.8, 4) is 0 Å². The Bertz CT molecular complexity index is 402. The van der Waals surface area contributed by atoms with Crippen LogP contribution >= 0.6 is 11.8 Å². The van der Waals surface area contributed by atoms with Crippen molar-refractivity contribution in [1.82, 2.24) is 5.32 Å². The van der Waals surface area contributed by atoms with E-state index in [1.54, 1.807) is 6.07 Å². The first-order valence-electron chi connectivity index (χ1n) is 6.70. The van der Waals surface area contributed by atoms with Gasteiger partial charge in [-0.05, 0) is 36.3 Å². The second-order valence-electron chi connectivity index (χ2n) is 5.56. The molecular formula is C14H21F2NOS. The maximum absolute atomic E-state index is 12.1. The highest BCUT2D eigenvalue weighted by molar-refractivity contribution is 7.98. The van der Waals surface area contributed by atoms with E-state index in [1.165, 1.54) is 12.8 Å². The van der Waals surface area contributed by atoms with Crippen molar-refractivity contribution in [1.29, 1.82) is 0 Å². The second kappa shape index (κ2) is 6.27. The minimum atomic E-state index is -2.34. The summed E-state index contributed by atoms with van der Waals surface area (Å²) in [5, 5.41) is 3.42. The minimum absolute atomic E-state index is 0.230. The van der Waals surface area contributed by atoms with Crippen LogP contribution in [0.15, 0.2) is 16.5 Å². The van der Waals surface area contributed by atoms with Crippen LogP contribution in [0.25, 0.3) is 0 Å². The molecule has 1 fully saturated rings. The maximum Gasteiger partial charge on any atom is 0.284 e. The standard InChI is InChI=1S/C14H21F2NOS/c1-10(2)14(5-6-14)9-17-7-11-3-4-12(18-11)8-19-13(15)16/h3-4,10,13,17H,5-9H2,1-2H3. The SMILES string of the molecule is CC(C)C1(CNCc2ccc(CSC(F)F)o2)CC1. The predicted molar refractivity (Wildman–Crippen MR) is 74.2 cm³/mol. The summed E-state index contributed by atoms with van der Waals surface area (Å²) in [6.07, 6.45) is 2.60. The fourth-order valence-corrected chi connectivity index (χ4v) is 2.74. The molecular weight excluding hydrogens is 268 g/mol. The van der Waals surface area contributed by atoms with Gasteiger partial charge in [0.1, 0.15) is 11.5 Å². The zero-order chi connectivity index (χ0) is 13.9. The summed E-state index contributed by atoms with van der Waals surface area (Å²) in [4.78, 5) is 0. The molecule has 0 aromatic carbocycles. The molecule has 0 aliphatic heterocycles. The van der Waals surface area contributed by atoms with Gasteiger partial charge in [0.25, 0.3) is 5.76 Å². The summed E-state index contributed by atoms with van der Waals surface area (Å²) in [7, 11) is 0. The van der Waals surface area contributed by atoms with Crippen LogP contribution in [0.4, 0.5) is 8.78 Å². The molecule has 0 bridgehead atoms. The maximum atomic E-state index is 12.1. The summed E-state index contributed by atoms with van der Waals surface area (Å²) in [5.41, 5.74) is 0.473. The lowest BCUT2D eigenvalue weighted by Gasteiger charge is -2.19. The molecule has 1 aliphatic carbocycles. The third kappa shape index (κ3) is 4.21. The first-order valence-corrected chi connectivity index (χ1v) is 7.75. The molecule has 1 saturated carbocycles. The van der Waals surface area contributed by atoms with Gasteiger partial charge in [0.2, 0.25) is 0 Å². The molecule has 108 valence electrons. The molecule has 1 aliphatic rings. The number of nitrogens with one attached hydrogen (secondary N) is 1. The number of rotatable bonds is 8. The molecule has 5 heteroatoms. The Labute approximate surface area is 117 Å². The number of alkyl halides is 2. The van der Waals surface area contributed by atoms with Gasteiger partial charge in [-0.25, -0.2) is 0 Å². The fraction of sp³-hybridized carbons (Fsp3) is 0.714. The summed E-state index contributed by atoms with van der Waals surface area (Å²) >= 11 is 0.592. The molecule has 2 nitrogen and oxygen atoms in total. The van der Waals surface area contributed by atoms with E-state index in [1.807, 2.05) is 6.07 Å². The van der Waals surface area contributed by atoms with E-state index in [0.29, 0.717) is 35.4 Å². The lowest BCUT2D eigenvalue weighted by molar-refractivity contribution is 0.251. The monoisotopic (exact) mass is 289 g/mol. The highest BCUT2D eigenvalue weighted by atomic mass is 32.2. The van der Waals surface area contributed by atoms with Gasteiger partial charge in [0.05, 0.1) is 12.3 Å². The molecule has 2 rings (SSSR count). The minimum Gasteiger partial charge on any atom is -0.464 e. The molecule has 0 radical (unpaired) electrons. The van der Waals surface area contributed by atoms with E-state index in [2.05, 4.69) is 19.2 Å². The normalized spacial score (nSPS) is 17.4. The summed E-state index contributed by atoms with van der Waals surface area (Å²) in [6, 6.07) is 3.64. The van der Waals surface area contributed by atoms with E-state index in [9.17, 15) is 8.78 Å². The lowest BCUT2D eigenvalue weighted by atomic mass is 9.92. The Kier molecular flexibility index (Phi) is 4.90. The van der Waals surface area contributed by atoms with Crippen LogP contribution in [-0.2, 0) is 12.3 Å². The second-order valence-corrected chi connectivity index (χ2v) is 6.54. The van der Waals surface area contributed by atoms with Gasteiger partial charge < -0.3 is 9.73 Å². The van der Waals surface area contributed by atoms with Crippen molar-refractivity contribution in [2.75, 3.05) is 6.54 Å². The Balaban J connectivity index is 1.72. The van der Waals surface area contributed by atoms with Gasteiger partial charge in [-0.2, -0.15) is 8.78 Å². The van der Waals surface area contributed by atoms with E-state index in [0.717, 1.165) is 12.3 Å². The van der Waals surface area contributed by atoms with Gasteiger partial charge in [-0.3, -0.25) is 0 Å².